The summed E-state index contributed by atoms with van der Waals surface area (Å²) in [7, 11) is 0. The molecule has 1 aromatic rings. The Balaban J connectivity index is 2.77. The van der Waals surface area contributed by atoms with E-state index in [1.165, 1.54) is 0 Å². The van der Waals surface area contributed by atoms with E-state index in [4.69, 9.17) is 0 Å². The lowest BCUT2D eigenvalue weighted by molar-refractivity contribution is 0.0957. The first-order valence-electron chi connectivity index (χ1n) is 5.88. The second kappa shape index (κ2) is 7.44. The molecule has 2 heteroatoms. The molecule has 0 unspecified atom stereocenters. The number of amides is 1. The molecule has 17 heavy (non-hydrogen) atoms. The molecule has 0 heterocycles. The summed E-state index contributed by atoms with van der Waals surface area (Å²) in [5.41, 5.74) is 1.82. The van der Waals surface area contributed by atoms with Crippen molar-refractivity contribution in [2.75, 3.05) is 6.54 Å². The summed E-state index contributed by atoms with van der Waals surface area (Å²) in [6.07, 6.45) is 8.69. The largest absolute Gasteiger partial charge is 0.349 e. The fourth-order valence-electron chi connectivity index (χ4n) is 1.53. The minimum Gasteiger partial charge on any atom is -0.349 e. The van der Waals surface area contributed by atoms with E-state index >= 15 is 0 Å². The lowest BCUT2D eigenvalue weighted by Gasteiger charge is -2.07. The molecule has 0 atom stereocenters. The predicted octanol–water partition coefficient (Wildman–Crippen LogP) is 3.11. The molecule has 0 saturated heterocycles. The molecule has 1 aromatic carbocycles. The molecule has 0 radical (unpaired) electrons. The third-order valence-electron chi connectivity index (χ3n) is 2.45. The normalized spacial score (nSPS) is 11.2. The first-order chi connectivity index (χ1) is 8.29. The lowest BCUT2D eigenvalue weighted by Crippen LogP contribution is -2.24. The molecule has 0 aromatic heterocycles. The molecule has 2 nitrogen and oxygen atoms in total. The van der Waals surface area contributed by atoms with Crippen LogP contribution in [0, 0.1) is 0 Å². The minimum absolute atomic E-state index is 0.0109. The molecule has 0 saturated carbocycles. The SMILES string of the molecule is C/C=C/CNC(=O)c1ccccc1C/C=C/C. The number of carbonyl (C=O) groups excluding carboxylic acids is 1. The molecule has 0 spiro atoms. The second-order valence-corrected chi connectivity index (χ2v) is 3.71. The van der Waals surface area contributed by atoms with Gasteiger partial charge >= 0.3 is 0 Å². The van der Waals surface area contributed by atoms with Crippen LogP contribution in [-0.2, 0) is 6.42 Å². The zero-order valence-electron chi connectivity index (χ0n) is 10.4. The fourth-order valence-corrected chi connectivity index (χ4v) is 1.53. The summed E-state index contributed by atoms with van der Waals surface area (Å²) in [6, 6.07) is 7.71. The van der Waals surface area contributed by atoms with Gasteiger partial charge in [-0.25, -0.2) is 0 Å². The van der Waals surface area contributed by atoms with Crippen molar-refractivity contribution in [1.29, 1.82) is 0 Å². The Bertz CT molecular complexity index is 419. The van der Waals surface area contributed by atoms with E-state index in [0.717, 1.165) is 17.5 Å². The third kappa shape index (κ3) is 4.27. The van der Waals surface area contributed by atoms with E-state index in [2.05, 4.69) is 11.4 Å². The number of rotatable bonds is 5. The Kier molecular flexibility index (Phi) is 5.80. The number of nitrogens with one attached hydrogen (secondary N) is 1. The molecule has 0 bridgehead atoms. The topological polar surface area (TPSA) is 29.1 Å². The summed E-state index contributed by atoms with van der Waals surface area (Å²) in [5.74, 6) is -0.0109. The van der Waals surface area contributed by atoms with Crippen LogP contribution in [0.15, 0.2) is 48.6 Å². The number of allylic oxidation sites excluding steroid dienone is 3. The van der Waals surface area contributed by atoms with Crippen molar-refractivity contribution in [3.8, 4) is 0 Å². The number of carbonyl (C=O) groups is 1. The summed E-state index contributed by atoms with van der Waals surface area (Å²) in [4.78, 5) is 11.9. The number of benzene rings is 1. The average molecular weight is 229 g/mol. The highest BCUT2D eigenvalue weighted by molar-refractivity contribution is 5.95. The van der Waals surface area contributed by atoms with E-state index < -0.39 is 0 Å². The van der Waals surface area contributed by atoms with Gasteiger partial charge in [0, 0.05) is 12.1 Å². The van der Waals surface area contributed by atoms with Crippen LogP contribution in [0.5, 0.6) is 0 Å². The Hall–Kier alpha value is -1.83. The molecule has 1 amide bonds. The zero-order chi connectivity index (χ0) is 12.5. The van der Waals surface area contributed by atoms with Gasteiger partial charge in [-0.2, -0.15) is 0 Å². The molecule has 0 fully saturated rings. The highest BCUT2D eigenvalue weighted by Gasteiger charge is 2.08. The van der Waals surface area contributed by atoms with E-state index in [1.54, 1.807) is 0 Å². The van der Waals surface area contributed by atoms with Crippen molar-refractivity contribution in [3.05, 3.63) is 59.7 Å². The van der Waals surface area contributed by atoms with Crippen LogP contribution in [0.1, 0.15) is 29.8 Å². The third-order valence-corrected chi connectivity index (χ3v) is 2.45. The monoisotopic (exact) mass is 229 g/mol. The molecule has 1 rings (SSSR count). The summed E-state index contributed by atoms with van der Waals surface area (Å²) >= 11 is 0. The maximum absolute atomic E-state index is 11.9. The summed E-state index contributed by atoms with van der Waals surface area (Å²) in [5, 5.41) is 2.87. The lowest BCUT2D eigenvalue weighted by atomic mass is 10.0. The Morgan fingerprint density at radius 2 is 1.88 bits per heavy atom. The van der Waals surface area contributed by atoms with Crippen LogP contribution >= 0.6 is 0 Å². The van der Waals surface area contributed by atoms with Crippen molar-refractivity contribution >= 4 is 5.91 Å². The second-order valence-electron chi connectivity index (χ2n) is 3.71. The van der Waals surface area contributed by atoms with Crippen LogP contribution < -0.4 is 5.32 Å². The number of hydrogen-bond donors (Lipinski definition) is 1. The first kappa shape index (κ1) is 13.2. The maximum Gasteiger partial charge on any atom is 0.251 e. The Morgan fingerprint density at radius 3 is 2.59 bits per heavy atom. The van der Waals surface area contributed by atoms with Gasteiger partial charge in [0.1, 0.15) is 0 Å². The average Bonchev–Trinajstić information content (AvgIpc) is 2.37. The van der Waals surface area contributed by atoms with E-state index in [9.17, 15) is 4.79 Å². The highest BCUT2D eigenvalue weighted by atomic mass is 16.1. The van der Waals surface area contributed by atoms with E-state index in [-0.39, 0.29) is 5.91 Å². The summed E-state index contributed by atoms with van der Waals surface area (Å²) < 4.78 is 0. The molecule has 1 N–H and O–H groups in total. The number of hydrogen-bond acceptors (Lipinski definition) is 1. The van der Waals surface area contributed by atoms with Crippen molar-refractivity contribution in [3.63, 3.8) is 0 Å². The van der Waals surface area contributed by atoms with Crippen molar-refractivity contribution in [1.82, 2.24) is 5.32 Å². The van der Waals surface area contributed by atoms with Crippen molar-refractivity contribution in [2.45, 2.75) is 20.3 Å². The Labute approximate surface area is 103 Å². The van der Waals surface area contributed by atoms with Crippen LogP contribution in [0.4, 0.5) is 0 Å². The smallest absolute Gasteiger partial charge is 0.251 e. The van der Waals surface area contributed by atoms with Gasteiger partial charge in [0.2, 0.25) is 0 Å². The van der Waals surface area contributed by atoms with Crippen LogP contribution in [0.3, 0.4) is 0 Å². The van der Waals surface area contributed by atoms with Gasteiger partial charge in [-0.05, 0) is 31.9 Å². The first-order valence-corrected chi connectivity index (χ1v) is 5.88. The van der Waals surface area contributed by atoms with Crippen molar-refractivity contribution in [2.24, 2.45) is 0 Å². The predicted molar refractivity (Wildman–Crippen MR) is 72.1 cm³/mol. The van der Waals surface area contributed by atoms with E-state index in [1.807, 2.05) is 56.3 Å². The molecular formula is C15H19NO. The van der Waals surface area contributed by atoms with Gasteiger partial charge in [-0.1, -0.05) is 42.5 Å². The van der Waals surface area contributed by atoms with Gasteiger partial charge < -0.3 is 5.32 Å². The molecule has 0 aliphatic carbocycles. The molecule has 0 aliphatic heterocycles. The quantitative estimate of drug-likeness (QED) is 0.772. The summed E-state index contributed by atoms with van der Waals surface area (Å²) in [6.45, 7) is 4.49. The van der Waals surface area contributed by atoms with Crippen LogP contribution in [0.2, 0.25) is 0 Å². The fraction of sp³-hybridized carbons (Fsp3) is 0.267. The van der Waals surface area contributed by atoms with Gasteiger partial charge in [-0.3, -0.25) is 4.79 Å². The van der Waals surface area contributed by atoms with Crippen LogP contribution in [0.25, 0.3) is 0 Å². The zero-order valence-corrected chi connectivity index (χ0v) is 10.4. The Morgan fingerprint density at radius 1 is 1.18 bits per heavy atom. The van der Waals surface area contributed by atoms with Gasteiger partial charge in [0.05, 0.1) is 0 Å². The molecule has 90 valence electrons. The van der Waals surface area contributed by atoms with Crippen LogP contribution in [-0.4, -0.2) is 12.5 Å². The van der Waals surface area contributed by atoms with Crippen molar-refractivity contribution < 1.29 is 4.79 Å². The van der Waals surface area contributed by atoms with Gasteiger partial charge in [0.25, 0.3) is 5.91 Å². The minimum atomic E-state index is -0.0109. The maximum atomic E-state index is 11.9. The van der Waals surface area contributed by atoms with Gasteiger partial charge in [-0.15, -0.1) is 0 Å². The van der Waals surface area contributed by atoms with E-state index in [0.29, 0.717) is 6.54 Å². The van der Waals surface area contributed by atoms with Gasteiger partial charge in [0.15, 0.2) is 0 Å². The highest BCUT2D eigenvalue weighted by Crippen LogP contribution is 2.10. The molecular weight excluding hydrogens is 210 g/mol. The standard InChI is InChI=1S/C15H19NO/c1-3-5-9-13-10-7-8-11-14(13)15(17)16-12-6-4-2/h3-8,10-11H,9,12H2,1-2H3,(H,16,17)/b5-3+,6-4+. The molecule has 0 aliphatic rings.